The zero-order valence-corrected chi connectivity index (χ0v) is 24.2. The molecule has 42 heavy (non-hydrogen) atoms. The second-order valence-electron chi connectivity index (χ2n) is 10.2. The zero-order chi connectivity index (χ0) is 30.0. The Balaban J connectivity index is 1.55. The predicted molar refractivity (Wildman–Crippen MR) is 158 cm³/mol. The largest absolute Gasteiger partial charge is 0.504 e. The molecule has 0 bridgehead atoms. The van der Waals surface area contributed by atoms with E-state index in [2.05, 4.69) is 10.6 Å². The minimum Gasteiger partial charge on any atom is -0.504 e. The van der Waals surface area contributed by atoms with E-state index in [1.807, 2.05) is 25.1 Å². The number of allylic oxidation sites excluding steroid dienone is 3. The Morgan fingerprint density at radius 3 is 2.14 bits per heavy atom. The lowest BCUT2D eigenvalue weighted by Gasteiger charge is -2.37. The number of aromatic hydroxyl groups is 1. The van der Waals surface area contributed by atoms with Gasteiger partial charge in [-0.2, -0.15) is 0 Å². The smallest absolute Gasteiger partial charge is 0.254 e. The highest BCUT2D eigenvalue weighted by atomic mass is 16.5. The van der Waals surface area contributed by atoms with E-state index in [1.54, 1.807) is 63.8 Å². The fourth-order valence-electron chi connectivity index (χ4n) is 5.78. The van der Waals surface area contributed by atoms with Crippen molar-refractivity contribution < 1.29 is 33.6 Å². The SMILES string of the molecule is COc1ccc(NC(=O)C2=C(C)NC3=C(C(=O)CC(c4ccc(OC)c(OC)c4)C3)C2c2ccc(OC)c(O)c2)cc1. The number of nitrogens with one attached hydrogen (secondary N) is 2. The molecule has 1 amide bonds. The molecule has 2 atom stereocenters. The van der Waals surface area contributed by atoms with Crippen LogP contribution in [0.2, 0.25) is 0 Å². The van der Waals surface area contributed by atoms with E-state index >= 15 is 0 Å². The van der Waals surface area contributed by atoms with Crippen LogP contribution in [0, 0.1) is 0 Å². The summed E-state index contributed by atoms with van der Waals surface area (Å²) in [5.41, 5.74) is 4.44. The molecule has 2 unspecified atom stereocenters. The first-order valence-electron chi connectivity index (χ1n) is 13.6. The lowest BCUT2D eigenvalue weighted by Crippen LogP contribution is -2.37. The molecule has 2 aliphatic rings. The summed E-state index contributed by atoms with van der Waals surface area (Å²) in [4.78, 5) is 27.8. The third kappa shape index (κ3) is 5.37. The van der Waals surface area contributed by atoms with E-state index in [4.69, 9.17) is 18.9 Å². The maximum atomic E-state index is 14.0. The highest BCUT2D eigenvalue weighted by Crippen LogP contribution is 2.47. The van der Waals surface area contributed by atoms with Gasteiger partial charge < -0.3 is 34.7 Å². The highest BCUT2D eigenvalue weighted by molar-refractivity contribution is 6.10. The number of phenols is 1. The standard InChI is InChI=1S/C33H34N2O7/c1-18-30(33(38)35-22-8-10-23(39-2)11-9-22)31(20-7-12-27(40-3)25(36)15-20)32-24(34-18)14-21(16-26(32)37)19-6-13-28(41-4)29(17-19)42-5/h6-13,15,17,21,31,34,36H,14,16H2,1-5H3,(H,35,38). The molecular weight excluding hydrogens is 536 g/mol. The molecule has 1 aliphatic heterocycles. The number of anilines is 1. The summed E-state index contributed by atoms with van der Waals surface area (Å²) in [7, 11) is 6.21. The van der Waals surface area contributed by atoms with E-state index in [0.717, 1.165) is 11.3 Å². The Morgan fingerprint density at radius 1 is 0.833 bits per heavy atom. The summed E-state index contributed by atoms with van der Waals surface area (Å²) in [6.45, 7) is 1.83. The third-order valence-corrected chi connectivity index (χ3v) is 7.84. The van der Waals surface area contributed by atoms with Crippen molar-refractivity contribution in [2.24, 2.45) is 0 Å². The molecule has 9 nitrogen and oxygen atoms in total. The summed E-state index contributed by atoms with van der Waals surface area (Å²) in [5, 5.41) is 17.0. The molecule has 9 heteroatoms. The van der Waals surface area contributed by atoms with Crippen molar-refractivity contribution >= 4 is 17.4 Å². The molecule has 5 rings (SSSR count). The summed E-state index contributed by atoms with van der Waals surface area (Å²) in [6, 6.07) is 17.7. The number of dihydropyridines is 1. The molecule has 1 aliphatic carbocycles. The Kier molecular flexibility index (Phi) is 8.10. The number of hydrogen-bond acceptors (Lipinski definition) is 8. The third-order valence-electron chi connectivity index (χ3n) is 7.84. The van der Waals surface area contributed by atoms with Crippen LogP contribution in [-0.4, -0.2) is 45.2 Å². The number of Topliss-reactive ketones (excluding diaryl/α,β-unsaturated/α-hetero) is 1. The van der Waals surface area contributed by atoms with Gasteiger partial charge in [0.1, 0.15) is 5.75 Å². The molecule has 0 fully saturated rings. The number of benzene rings is 3. The van der Waals surface area contributed by atoms with Gasteiger partial charge in [-0.05, 0) is 78.9 Å². The van der Waals surface area contributed by atoms with Crippen LogP contribution in [0.5, 0.6) is 28.7 Å². The summed E-state index contributed by atoms with van der Waals surface area (Å²) in [6.07, 6.45) is 0.807. The fourth-order valence-corrected chi connectivity index (χ4v) is 5.78. The minimum atomic E-state index is -0.699. The summed E-state index contributed by atoms with van der Waals surface area (Å²) < 4.78 is 21.3. The number of carbonyl (C=O) groups excluding carboxylic acids is 2. The first-order chi connectivity index (χ1) is 20.3. The number of methoxy groups -OCH3 is 4. The van der Waals surface area contributed by atoms with Crippen LogP contribution < -0.4 is 29.6 Å². The normalized spacial score (nSPS) is 18.2. The molecule has 3 aromatic rings. The van der Waals surface area contributed by atoms with Crippen LogP contribution in [0.15, 0.2) is 83.2 Å². The van der Waals surface area contributed by atoms with E-state index in [-0.39, 0.29) is 29.8 Å². The average molecular weight is 571 g/mol. The Morgan fingerprint density at radius 2 is 1.50 bits per heavy atom. The zero-order valence-electron chi connectivity index (χ0n) is 24.2. The van der Waals surface area contributed by atoms with Gasteiger partial charge in [0.15, 0.2) is 28.8 Å². The van der Waals surface area contributed by atoms with Crippen molar-refractivity contribution in [3.63, 3.8) is 0 Å². The van der Waals surface area contributed by atoms with Crippen LogP contribution in [0.4, 0.5) is 5.69 Å². The summed E-state index contributed by atoms with van der Waals surface area (Å²) in [5.74, 6) is 0.874. The van der Waals surface area contributed by atoms with E-state index in [9.17, 15) is 14.7 Å². The molecule has 0 saturated carbocycles. The van der Waals surface area contributed by atoms with Crippen LogP contribution in [0.3, 0.4) is 0 Å². The van der Waals surface area contributed by atoms with Crippen LogP contribution in [0.25, 0.3) is 0 Å². The fraction of sp³-hybridized carbons (Fsp3) is 0.273. The Labute approximate surface area is 244 Å². The maximum absolute atomic E-state index is 14.0. The van der Waals surface area contributed by atoms with Gasteiger partial charge in [-0.25, -0.2) is 0 Å². The molecule has 0 saturated heterocycles. The topological polar surface area (TPSA) is 115 Å². The monoisotopic (exact) mass is 570 g/mol. The molecule has 3 aromatic carbocycles. The Hall–Kier alpha value is -4.92. The van der Waals surface area contributed by atoms with Crippen molar-refractivity contribution in [1.29, 1.82) is 0 Å². The van der Waals surface area contributed by atoms with Gasteiger partial charge in [-0.15, -0.1) is 0 Å². The van der Waals surface area contributed by atoms with Gasteiger partial charge in [0.2, 0.25) is 0 Å². The lowest BCUT2D eigenvalue weighted by molar-refractivity contribution is -0.116. The quantitative estimate of drug-likeness (QED) is 0.329. The van der Waals surface area contributed by atoms with Gasteiger partial charge in [-0.3, -0.25) is 9.59 Å². The molecule has 0 radical (unpaired) electrons. The minimum absolute atomic E-state index is 0.0743. The van der Waals surface area contributed by atoms with Crippen LogP contribution >= 0.6 is 0 Å². The molecule has 0 spiro atoms. The second kappa shape index (κ2) is 11.9. The van der Waals surface area contributed by atoms with Crippen LogP contribution in [0.1, 0.15) is 42.7 Å². The first-order valence-corrected chi connectivity index (χ1v) is 13.6. The van der Waals surface area contributed by atoms with Gasteiger partial charge in [0.25, 0.3) is 5.91 Å². The van der Waals surface area contributed by atoms with Gasteiger partial charge in [-0.1, -0.05) is 12.1 Å². The number of carbonyl (C=O) groups is 2. The number of hydrogen-bond donors (Lipinski definition) is 3. The molecule has 0 aromatic heterocycles. The average Bonchev–Trinajstić information content (AvgIpc) is 3.00. The van der Waals surface area contributed by atoms with Gasteiger partial charge in [0, 0.05) is 40.6 Å². The molecule has 218 valence electrons. The number of amides is 1. The number of rotatable bonds is 8. The van der Waals surface area contributed by atoms with Crippen molar-refractivity contribution in [3.05, 3.63) is 94.3 Å². The van der Waals surface area contributed by atoms with Crippen molar-refractivity contribution in [3.8, 4) is 28.7 Å². The highest BCUT2D eigenvalue weighted by Gasteiger charge is 2.41. The van der Waals surface area contributed by atoms with Gasteiger partial charge >= 0.3 is 0 Å². The van der Waals surface area contributed by atoms with E-state index in [1.165, 1.54) is 7.11 Å². The number of ether oxygens (including phenoxy) is 4. The molecular formula is C33H34N2O7. The van der Waals surface area contributed by atoms with Crippen LogP contribution in [-0.2, 0) is 9.59 Å². The van der Waals surface area contributed by atoms with Gasteiger partial charge in [0.05, 0.1) is 28.4 Å². The van der Waals surface area contributed by atoms with E-state index in [0.29, 0.717) is 57.5 Å². The maximum Gasteiger partial charge on any atom is 0.254 e. The second-order valence-corrected chi connectivity index (χ2v) is 10.2. The number of ketones is 1. The van der Waals surface area contributed by atoms with E-state index < -0.39 is 5.92 Å². The first kappa shape index (κ1) is 28.6. The summed E-state index contributed by atoms with van der Waals surface area (Å²) >= 11 is 0. The van der Waals surface area contributed by atoms with Crippen molar-refractivity contribution in [2.75, 3.05) is 33.8 Å². The van der Waals surface area contributed by atoms with Crippen molar-refractivity contribution in [1.82, 2.24) is 5.32 Å². The predicted octanol–water partition coefficient (Wildman–Crippen LogP) is 5.43. The lowest BCUT2D eigenvalue weighted by atomic mass is 9.71. The van der Waals surface area contributed by atoms with Crippen molar-refractivity contribution in [2.45, 2.75) is 31.6 Å². The Bertz CT molecular complexity index is 1590. The molecule has 3 N–H and O–H groups in total. The molecule has 1 heterocycles. The number of phenolic OH excluding ortho intramolecular Hbond substituents is 1.